The summed E-state index contributed by atoms with van der Waals surface area (Å²) in [6.07, 6.45) is 0. The molecule has 0 bridgehead atoms. The predicted molar refractivity (Wildman–Crippen MR) is 119 cm³/mol. The molecule has 0 aliphatic rings. The summed E-state index contributed by atoms with van der Waals surface area (Å²) in [5.41, 5.74) is 1.33. The van der Waals surface area contributed by atoms with E-state index in [1.54, 1.807) is 39.2 Å². The van der Waals surface area contributed by atoms with E-state index in [0.717, 1.165) is 5.39 Å². The first-order chi connectivity index (χ1) is 14.6. The van der Waals surface area contributed by atoms with Crippen LogP contribution >= 0.6 is 11.6 Å². The maximum atomic E-state index is 12.7. The van der Waals surface area contributed by atoms with Crippen LogP contribution < -0.4 is 4.74 Å². The van der Waals surface area contributed by atoms with Gasteiger partial charge in [-0.25, -0.2) is 18.2 Å². The van der Waals surface area contributed by atoms with Crippen LogP contribution in [-0.4, -0.2) is 43.9 Å². The summed E-state index contributed by atoms with van der Waals surface area (Å²) in [5, 5.41) is 1.03. The van der Waals surface area contributed by atoms with Gasteiger partial charge in [-0.2, -0.15) is 4.31 Å². The largest absolute Gasteiger partial charge is 0.497 e. The van der Waals surface area contributed by atoms with Crippen molar-refractivity contribution >= 4 is 38.5 Å². The molecule has 0 N–H and O–H groups in total. The zero-order valence-corrected chi connectivity index (χ0v) is 19.2. The number of sulfonamides is 1. The highest BCUT2D eigenvalue weighted by Gasteiger charge is 2.24. The third-order valence-electron chi connectivity index (χ3n) is 4.88. The zero-order chi connectivity index (χ0) is 22.8. The lowest BCUT2D eigenvalue weighted by molar-refractivity contribution is 0.0472. The van der Waals surface area contributed by atoms with Gasteiger partial charge in [0.1, 0.15) is 17.5 Å². The first-order valence-corrected chi connectivity index (χ1v) is 11.3. The van der Waals surface area contributed by atoms with Gasteiger partial charge < -0.3 is 9.47 Å². The molecular weight excluding hydrogens is 440 g/mol. The summed E-state index contributed by atoms with van der Waals surface area (Å²) in [6.45, 7) is 3.44. The average molecular weight is 463 g/mol. The number of aromatic nitrogens is 1. The fourth-order valence-corrected chi connectivity index (χ4v) is 4.46. The van der Waals surface area contributed by atoms with Crippen LogP contribution in [0.15, 0.2) is 53.4 Å². The number of hydrogen-bond donors (Lipinski definition) is 0. The Morgan fingerprint density at radius 3 is 2.58 bits per heavy atom. The first-order valence-electron chi connectivity index (χ1n) is 9.52. The molecule has 0 fully saturated rings. The number of hydrogen-bond acceptors (Lipinski definition) is 6. The van der Waals surface area contributed by atoms with E-state index in [0.29, 0.717) is 16.8 Å². The number of carbonyl (C=O) groups is 1. The average Bonchev–Trinajstić information content (AvgIpc) is 2.76. The molecule has 0 radical (unpaired) electrons. The van der Waals surface area contributed by atoms with Crippen molar-refractivity contribution in [2.24, 2.45) is 0 Å². The third kappa shape index (κ3) is 4.98. The van der Waals surface area contributed by atoms with Crippen molar-refractivity contribution in [1.29, 1.82) is 0 Å². The van der Waals surface area contributed by atoms with Gasteiger partial charge in [-0.05, 0) is 50.2 Å². The van der Waals surface area contributed by atoms with Crippen molar-refractivity contribution in [2.75, 3.05) is 14.2 Å². The summed E-state index contributed by atoms with van der Waals surface area (Å²) >= 11 is 6.25. The van der Waals surface area contributed by atoms with Gasteiger partial charge in [-0.15, -0.1) is 0 Å². The molecule has 1 aromatic heterocycles. The Bertz CT molecular complexity index is 1230. The minimum Gasteiger partial charge on any atom is -0.497 e. The Hall–Kier alpha value is -2.68. The molecule has 0 spiro atoms. The Kier molecular flexibility index (Phi) is 6.83. The molecule has 1 heterocycles. The fourth-order valence-electron chi connectivity index (χ4n) is 2.85. The van der Waals surface area contributed by atoms with E-state index >= 15 is 0 Å². The Morgan fingerprint density at radius 2 is 1.90 bits per heavy atom. The minimum absolute atomic E-state index is 0.0255. The van der Waals surface area contributed by atoms with Crippen LogP contribution in [0.4, 0.5) is 0 Å². The monoisotopic (exact) mass is 462 g/mol. The Labute approximate surface area is 186 Å². The van der Waals surface area contributed by atoms with Crippen LogP contribution in [0, 0.1) is 0 Å². The highest BCUT2D eigenvalue weighted by Crippen LogP contribution is 2.25. The number of nitrogens with zero attached hydrogens (tertiary/aromatic N) is 2. The van der Waals surface area contributed by atoms with E-state index in [1.807, 2.05) is 6.07 Å². The predicted octanol–water partition coefficient (Wildman–Crippen LogP) is 4.28. The van der Waals surface area contributed by atoms with E-state index in [1.165, 1.54) is 35.6 Å². The van der Waals surface area contributed by atoms with Crippen molar-refractivity contribution < 1.29 is 22.7 Å². The number of methoxy groups -OCH3 is 1. The summed E-state index contributed by atoms with van der Waals surface area (Å²) in [6, 6.07) is 12.7. The zero-order valence-electron chi connectivity index (χ0n) is 17.6. The topological polar surface area (TPSA) is 85.8 Å². The number of pyridine rings is 1. The van der Waals surface area contributed by atoms with Gasteiger partial charge in [0.2, 0.25) is 10.0 Å². The van der Waals surface area contributed by atoms with E-state index in [4.69, 9.17) is 21.1 Å². The van der Waals surface area contributed by atoms with E-state index in [-0.39, 0.29) is 28.3 Å². The van der Waals surface area contributed by atoms with E-state index in [2.05, 4.69) is 4.98 Å². The number of ether oxygens (including phenoxy) is 2. The van der Waals surface area contributed by atoms with E-state index in [9.17, 15) is 13.2 Å². The molecule has 9 heteroatoms. The molecular formula is C22H23ClN2O5S. The molecule has 31 heavy (non-hydrogen) atoms. The van der Waals surface area contributed by atoms with Gasteiger partial charge in [0.25, 0.3) is 0 Å². The number of benzene rings is 2. The summed E-state index contributed by atoms with van der Waals surface area (Å²) in [7, 11) is -0.651. The minimum atomic E-state index is -3.71. The van der Waals surface area contributed by atoms with E-state index < -0.39 is 16.0 Å². The summed E-state index contributed by atoms with van der Waals surface area (Å²) < 4.78 is 37.2. The Morgan fingerprint density at radius 1 is 1.16 bits per heavy atom. The second-order valence-electron chi connectivity index (χ2n) is 7.22. The van der Waals surface area contributed by atoms with Gasteiger partial charge in [0, 0.05) is 30.1 Å². The molecule has 0 unspecified atom stereocenters. The lowest BCUT2D eigenvalue weighted by atomic mass is 10.1. The number of esters is 1. The highest BCUT2D eigenvalue weighted by atomic mass is 35.5. The van der Waals surface area contributed by atoms with Crippen molar-refractivity contribution in [2.45, 2.75) is 31.4 Å². The Balaban J connectivity index is 1.79. The van der Waals surface area contributed by atoms with Gasteiger partial charge in [0.05, 0.1) is 23.1 Å². The molecule has 0 aliphatic heterocycles. The lowest BCUT2D eigenvalue weighted by Gasteiger charge is -2.21. The van der Waals surface area contributed by atoms with Crippen LogP contribution in [0.1, 0.15) is 29.8 Å². The second kappa shape index (κ2) is 9.21. The molecule has 0 saturated heterocycles. The van der Waals surface area contributed by atoms with Crippen LogP contribution in [0.2, 0.25) is 5.15 Å². The molecule has 2 aromatic carbocycles. The molecule has 0 saturated carbocycles. The fraction of sp³-hybridized carbons (Fsp3) is 0.273. The number of rotatable bonds is 7. The SMILES string of the molecule is COc1ccc2cc(COC(=O)c3cccc(S(=O)(=O)N(C)C(C)C)c3)c(Cl)nc2c1. The van der Waals surface area contributed by atoms with Crippen molar-refractivity contribution in [3.8, 4) is 5.75 Å². The molecule has 0 atom stereocenters. The molecule has 3 rings (SSSR count). The molecule has 0 aliphatic carbocycles. The van der Waals surface area contributed by atoms with Gasteiger partial charge in [0.15, 0.2) is 0 Å². The molecule has 0 amide bonds. The molecule has 7 nitrogen and oxygen atoms in total. The van der Waals surface area contributed by atoms with Crippen molar-refractivity contribution in [1.82, 2.24) is 9.29 Å². The first kappa shape index (κ1) is 23.0. The molecule has 3 aromatic rings. The van der Waals surface area contributed by atoms with Gasteiger partial charge >= 0.3 is 5.97 Å². The standard InChI is InChI=1S/C22H23ClN2O5S/c1-14(2)25(3)31(27,28)19-7-5-6-16(11-19)22(26)30-13-17-10-15-8-9-18(29-4)12-20(15)24-21(17)23/h5-12,14H,13H2,1-4H3. The smallest absolute Gasteiger partial charge is 0.338 e. The van der Waals surface area contributed by atoms with Crippen LogP contribution in [0.5, 0.6) is 5.75 Å². The summed E-state index contributed by atoms with van der Waals surface area (Å²) in [4.78, 5) is 16.9. The highest BCUT2D eigenvalue weighted by molar-refractivity contribution is 7.89. The van der Waals surface area contributed by atoms with Crippen molar-refractivity contribution in [3.63, 3.8) is 0 Å². The summed E-state index contributed by atoms with van der Waals surface area (Å²) in [5.74, 6) is 0.00309. The maximum Gasteiger partial charge on any atom is 0.338 e. The third-order valence-corrected chi connectivity index (χ3v) is 7.24. The second-order valence-corrected chi connectivity index (χ2v) is 9.57. The number of halogens is 1. The van der Waals surface area contributed by atoms with Crippen LogP contribution in [0.3, 0.4) is 0 Å². The lowest BCUT2D eigenvalue weighted by Crippen LogP contribution is -2.33. The van der Waals surface area contributed by atoms with Gasteiger partial charge in [-0.3, -0.25) is 0 Å². The molecule has 164 valence electrons. The maximum absolute atomic E-state index is 12.7. The van der Waals surface area contributed by atoms with Crippen molar-refractivity contribution in [3.05, 3.63) is 64.8 Å². The normalized spacial score (nSPS) is 11.8. The quantitative estimate of drug-likeness (QED) is 0.384. The van der Waals surface area contributed by atoms with Gasteiger partial charge in [-0.1, -0.05) is 17.7 Å². The number of carbonyl (C=O) groups excluding carboxylic acids is 1. The number of fused-ring (bicyclic) bond motifs is 1. The van der Waals surface area contributed by atoms with Crippen LogP contribution in [0.25, 0.3) is 10.9 Å². The van der Waals surface area contributed by atoms with Crippen LogP contribution in [-0.2, 0) is 21.4 Å².